The van der Waals surface area contributed by atoms with Crippen LogP contribution in [0, 0.1) is 13.8 Å². The van der Waals surface area contributed by atoms with Crippen molar-refractivity contribution in [3.63, 3.8) is 0 Å². The number of benzene rings is 1. The Hall–Kier alpha value is -3.32. The number of ether oxygens (including phenoxy) is 3. The smallest absolute Gasteiger partial charge is 0.338 e. The van der Waals surface area contributed by atoms with E-state index in [-0.39, 0.29) is 23.1 Å². The van der Waals surface area contributed by atoms with E-state index in [0.717, 1.165) is 17.1 Å². The zero-order valence-electron chi connectivity index (χ0n) is 16.5. The van der Waals surface area contributed by atoms with Crippen LogP contribution >= 0.6 is 11.6 Å². The molecular weight excluding hydrogens is 408 g/mol. The molecule has 0 radical (unpaired) electrons. The summed E-state index contributed by atoms with van der Waals surface area (Å²) in [5, 5.41) is 0.179. The van der Waals surface area contributed by atoms with Gasteiger partial charge in [0.2, 0.25) is 5.78 Å². The fourth-order valence-corrected chi connectivity index (χ4v) is 3.61. The molecule has 0 N–H and O–H groups in total. The van der Waals surface area contributed by atoms with Gasteiger partial charge < -0.3 is 18.8 Å². The summed E-state index contributed by atoms with van der Waals surface area (Å²) < 4.78 is 18.3. The second kappa shape index (κ2) is 8.20. The Balaban J connectivity index is 1.53. The minimum absolute atomic E-state index is 0.179. The highest BCUT2D eigenvalue weighted by atomic mass is 35.5. The van der Waals surface area contributed by atoms with E-state index < -0.39 is 5.97 Å². The second-order valence-corrected chi connectivity index (χ2v) is 7.20. The highest BCUT2D eigenvalue weighted by Gasteiger charge is 2.20. The molecule has 3 heterocycles. The first-order chi connectivity index (χ1) is 14.4. The Morgan fingerprint density at radius 1 is 1.10 bits per heavy atom. The summed E-state index contributed by atoms with van der Waals surface area (Å²) in [6.07, 6.45) is 1.40. The number of Topliss-reactive ketones (excluding diaryl/α,β-unsaturated/α-hetero) is 1. The van der Waals surface area contributed by atoms with E-state index in [1.54, 1.807) is 6.07 Å². The lowest BCUT2D eigenvalue weighted by Crippen LogP contribution is -2.16. The Bertz CT molecular complexity index is 1140. The van der Waals surface area contributed by atoms with Crippen molar-refractivity contribution in [3.8, 4) is 17.2 Å². The first-order valence-corrected chi connectivity index (χ1v) is 9.72. The molecule has 1 aliphatic heterocycles. The molecule has 3 aromatic rings. The van der Waals surface area contributed by atoms with Crippen molar-refractivity contribution < 1.29 is 23.8 Å². The monoisotopic (exact) mass is 426 g/mol. The molecule has 30 heavy (non-hydrogen) atoms. The fraction of sp³-hybridized carbons (Fsp3) is 0.227. The predicted octanol–water partition coefficient (Wildman–Crippen LogP) is 3.95. The van der Waals surface area contributed by atoms with Gasteiger partial charge in [-0.1, -0.05) is 11.6 Å². The van der Waals surface area contributed by atoms with E-state index in [1.165, 1.54) is 18.3 Å². The van der Waals surface area contributed by atoms with E-state index in [2.05, 4.69) is 4.98 Å². The standard InChI is InChI=1S/C22H19ClN2O5/c1-13-9-17(18(26)12-30-22(27)15-5-6-24-21(23)10-15)14(2)25(13)16-3-4-19-20(11-16)29-8-7-28-19/h3-6,9-11H,7-8,12H2,1-2H3. The van der Waals surface area contributed by atoms with E-state index in [9.17, 15) is 9.59 Å². The summed E-state index contributed by atoms with van der Waals surface area (Å²) in [6.45, 7) is 4.41. The van der Waals surface area contributed by atoms with Crippen LogP contribution < -0.4 is 9.47 Å². The van der Waals surface area contributed by atoms with Crippen molar-refractivity contribution in [1.29, 1.82) is 0 Å². The van der Waals surface area contributed by atoms with Crippen molar-refractivity contribution in [2.45, 2.75) is 13.8 Å². The molecule has 0 saturated heterocycles. The largest absolute Gasteiger partial charge is 0.486 e. The Morgan fingerprint density at radius 3 is 2.63 bits per heavy atom. The summed E-state index contributed by atoms with van der Waals surface area (Å²) >= 11 is 5.79. The number of nitrogens with zero attached hydrogens (tertiary/aromatic N) is 2. The summed E-state index contributed by atoms with van der Waals surface area (Å²) in [7, 11) is 0. The maximum absolute atomic E-state index is 12.7. The molecule has 0 aliphatic carbocycles. The SMILES string of the molecule is Cc1cc(C(=O)COC(=O)c2ccnc(Cl)c2)c(C)n1-c1ccc2c(c1)OCCO2. The number of carbonyl (C=O) groups excluding carboxylic acids is 2. The highest BCUT2D eigenvalue weighted by Crippen LogP contribution is 2.33. The Kier molecular flexibility index (Phi) is 5.46. The first kappa shape index (κ1) is 20.0. The molecule has 4 rings (SSSR count). The summed E-state index contributed by atoms with van der Waals surface area (Å²) in [5.41, 5.74) is 3.21. The van der Waals surface area contributed by atoms with Crippen molar-refractivity contribution in [2.24, 2.45) is 0 Å². The quantitative estimate of drug-likeness (QED) is 0.349. The maximum Gasteiger partial charge on any atom is 0.338 e. The normalized spacial score (nSPS) is 12.5. The van der Waals surface area contributed by atoms with Crippen molar-refractivity contribution in [3.05, 3.63) is 70.3 Å². The lowest BCUT2D eigenvalue weighted by Gasteiger charge is -2.20. The molecule has 0 bridgehead atoms. The number of pyridine rings is 1. The molecule has 1 aromatic carbocycles. The molecule has 0 atom stereocenters. The van der Waals surface area contributed by atoms with Gasteiger partial charge in [0.1, 0.15) is 18.4 Å². The van der Waals surface area contributed by atoms with E-state index >= 15 is 0 Å². The lowest BCUT2D eigenvalue weighted by atomic mass is 10.1. The summed E-state index contributed by atoms with van der Waals surface area (Å²) in [6, 6.07) is 10.3. The third kappa shape index (κ3) is 3.89. The van der Waals surface area contributed by atoms with Crippen molar-refractivity contribution >= 4 is 23.4 Å². The van der Waals surface area contributed by atoms with Gasteiger partial charge in [-0.3, -0.25) is 4.79 Å². The Morgan fingerprint density at radius 2 is 1.87 bits per heavy atom. The van der Waals surface area contributed by atoms with Crippen LogP contribution in [0.25, 0.3) is 5.69 Å². The average Bonchev–Trinajstić information content (AvgIpc) is 3.05. The van der Waals surface area contributed by atoms with Gasteiger partial charge in [-0.15, -0.1) is 0 Å². The number of fused-ring (bicyclic) bond motifs is 1. The fourth-order valence-electron chi connectivity index (χ4n) is 3.44. The molecule has 0 unspecified atom stereocenters. The number of esters is 1. The van der Waals surface area contributed by atoms with Gasteiger partial charge in [-0.25, -0.2) is 9.78 Å². The van der Waals surface area contributed by atoms with E-state index in [4.69, 9.17) is 25.8 Å². The van der Waals surface area contributed by atoms with Crippen molar-refractivity contribution in [2.75, 3.05) is 19.8 Å². The highest BCUT2D eigenvalue weighted by molar-refractivity contribution is 6.29. The third-order valence-electron chi connectivity index (χ3n) is 4.81. The number of aromatic nitrogens is 2. The predicted molar refractivity (Wildman–Crippen MR) is 110 cm³/mol. The van der Waals surface area contributed by atoms with Crippen LogP contribution in [-0.4, -0.2) is 41.1 Å². The molecule has 0 saturated carbocycles. The lowest BCUT2D eigenvalue weighted by molar-refractivity contribution is 0.0474. The van der Waals surface area contributed by atoms with Crippen LogP contribution in [0.4, 0.5) is 0 Å². The van der Waals surface area contributed by atoms with E-state index in [0.29, 0.717) is 30.3 Å². The summed E-state index contributed by atoms with van der Waals surface area (Å²) in [4.78, 5) is 28.7. The molecule has 8 heteroatoms. The molecule has 2 aromatic heterocycles. The topological polar surface area (TPSA) is 79.7 Å². The van der Waals surface area contributed by atoms with E-state index in [1.807, 2.05) is 36.6 Å². The van der Waals surface area contributed by atoms with Gasteiger partial charge in [0.05, 0.1) is 5.56 Å². The van der Waals surface area contributed by atoms with Crippen LogP contribution in [0.1, 0.15) is 32.1 Å². The number of hydrogen-bond donors (Lipinski definition) is 0. The average molecular weight is 427 g/mol. The van der Waals surface area contributed by atoms with Gasteiger partial charge >= 0.3 is 5.97 Å². The number of hydrogen-bond acceptors (Lipinski definition) is 6. The first-order valence-electron chi connectivity index (χ1n) is 9.35. The second-order valence-electron chi connectivity index (χ2n) is 6.81. The zero-order chi connectivity index (χ0) is 21.3. The maximum atomic E-state index is 12.7. The minimum Gasteiger partial charge on any atom is -0.486 e. The number of halogens is 1. The Labute approximate surface area is 178 Å². The van der Waals surface area contributed by atoms with Gasteiger partial charge in [-0.05, 0) is 44.2 Å². The van der Waals surface area contributed by atoms with Crippen LogP contribution in [0.15, 0.2) is 42.6 Å². The number of aryl methyl sites for hydroxylation is 1. The van der Waals surface area contributed by atoms with Gasteiger partial charge in [-0.2, -0.15) is 0 Å². The van der Waals surface area contributed by atoms with Crippen LogP contribution in [0.5, 0.6) is 11.5 Å². The number of rotatable bonds is 5. The third-order valence-corrected chi connectivity index (χ3v) is 5.02. The number of ketones is 1. The van der Waals surface area contributed by atoms with Gasteiger partial charge in [0.15, 0.2) is 18.1 Å². The van der Waals surface area contributed by atoms with Crippen LogP contribution in [0.3, 0.4) is 0 Å². The number of carbonyl (C=O) groups is 2. The molecule has 7 nitrogen and oxygen atoms in total. The minimum atomic E-state index is -0.631. The molecule has 1 aliphatic rings. The molecule has 0 spiro atoms. The van der Waals surface area contributed by atoms with Crippen molar-refractivity contribution in [1.82, 2.24) is 9.55 Å². The molecule has 0 fully saturated rings. The van der Waals surface area contributed by atoms with Gasteiger partial charge in [0.25, 0.3) is 0 Å². The zero-order valence-corrected chi connectivity index (χ0v) is 17.2. The molecule has 0 amide bonds. The molecular formula is C22H19ClN2O5. The summed E-state index contributed by atoms with van der Waals surface area (Å²) in [5.74, 6) is 0.449. The molecule has 154 valence electrons. The van der Waals surface area contributed by atoms with Crippen LogP contribution in [-0.2, 0) is 4.74 Å². The van der Waals surface area contributed by atoms with Crippen LogP contribution in [0.2, 0.25) is 5.15 Å². The van der Waals surface area contributed by atoms with Gasteiger partial charge in [0, 0.05) is 34.9 Å².